The lowest BCUT2D eigenvalue weighted by Gasteiger charge is -2.34. The Balaban J connectivity index is 2.92. The molecule has 0 amide bonds. The van der Waals surface area contributed by atoms with Gasteiger partial charge in [-0.1, -0.05) is 39.8 Å². The smallest absolute Gasteiger partial charge is 0.141 e. The van der Waals surface area contributed by atoms with Crippen LogP contribution in [0.4, 0.5) is 0 Å². The van der Waals surface area contributed by atoms with Crippen molar-refractivity contribution in [2.75, 3.05) is 0 Å². The van der Waals surface area contributed by atoms with Gasteiger partial charge in [0.15, 0.2) is 0 Å². The lowest BCUT2D eigenvalue weighted by atomic mass is 9.74. The average Bonchev–Trinajstić information content (AvgIpc) is 2.75. The van der Waals surface area contributed by atoms with E-state index >= 15 is 0 Å². The van der Waals surface area contributed by atoms with Crippen molar-refractivity contribution in [3.8, 4) is 0 Å². The number of Topliss-reactive ketones (excluding diaryl/α,β-unsaturated/α-hetero) is 1. The highest BCUT2D eigenvalue weighted by atomic mass is 16.1. The van der Waals surface area contributed by atoms with E-state index in [-0.39, 0.29) is 16.9 Å². The van der Waals surface area contributed by atoms with Gasteiger partial charge in [0.05, 0.1) is 11.2 Å². The van der Waals surface area contributed by atoms with Crippen LogP contribution < -0.4 is 0 Å². The third-order valence-corrected chi connectivity index (χ3v) is 3.59. The largest absolute Gasteiger partial charge is 0.299 e. The highest BCUT2D eigenvalue weighted by Gasteiger charge is 2.37. The van der Waals surface area contributed by atoms with Gasteiger partial charge in [-0.05, 0) is 26.7 Å². The van der Waals surface area contributed by atoms with Crippen molar-refractivity contribution in [3.05, 3.63) is 11.9 Å². The predicted octanol–water partition coefficient (Wildman–Crippen LogP) is 3.22. The topological polar surface area (TPSA) is 47.8 Å². The number of carbonyl (C=O) groups excluding carboxylic acids is 1. The lowest BCUT2D eigenvalue weighted by molar-refractivity contribution is -0.131. The molecule has 0 aliphatic rings. The molecule has 0 aliphatic heterocycles. The number of hydrogen-bond donors (Lipinski definition) is 0. The first-order chi connectivity index (χ1) is 8.60. The van der Waals surface area contributed by atoms with Crippen molar-refractivity contribution in [2.24, 2.45) is 11.3 Å². The average molecular weight is 265 g/mol. The Morgan fingerprint density at radius 3 is 2.32 bits per heavy atom. The standard InChI is InChI=1S/C15H27N3O/c1-8-12-9-18(17-16-12)15(6,7)10-14(4,5)13(19)11(2)3/h9,11H,8,10H2,1-7H3. The van der Waals surface area contributed by atoms with Crippen molar-refractivity contribution >= 4 is 5.78 Å². The summed E-state index contributed by atoms with van der Waals surface area (Å²) in [6, 6.07) is 0. The minimum absolute atomic E-state index is 0.0627. The second-order valence-electron chi connectivity index (χ2n) is 6.90. The first kappa shape index (κ1) is 15.9. The Labute approximate surface area is 116 Å². The van der Waals surface area contributed by atoms with Gasteiger partial charge >= 0.3 is 0 Å². The van der Waals surface area contributed by atoms with Gasteiger partial charge in [-0.3, -0.25) is 4.79 Å². The molecule has 0 saturated heterocycles. The summed E-state index contributed by atoms with van der Waals surface area (Å²) >= 11 is 0. The molecule has 1 aromatic rings. The third kappa shape index (κ3) is 3.64. The van der Waals surface area contributed by atoms with Crippen LogP contribution in [0.25, 0.3) is 0 Å². The molecule has 19 heavy (non-hydrogen) atoms. The highest BCUT2D eigenvalue weighted by Crippen LogP contribution is 2.34. The summed E-state index contributed by atoms with van der Waals surface area (Å²) < 4.78 is 1.89. The van der Waals surface area contributed by atoms with Crippen LogP contribution in [0.3, 0.4) is 0 Å². The molecule has 0 bridgehead atoms. The van der Waals surface area contributed by atoms with Gasteiger partial charge in [-0.15, -0.1) is 5.10 Å². The quantitative estimate of drug-likeness (QED) is 0.793. The number of carbonyl (C=O) groups is 1. The van der Waals surface area contributed by atoms with Gasteiger partial charge in [0.25, 0.3) is 0 Å². The maximum absolute atomic E-state index is 12.3. The van der Waals surface area contributed by atoms with Crippen molar-refractivity contribution in [1.82, 2.24) is 15.0 Å². The first-order valence-corrected chi connectivity index (χ1v) is 7.06. The van der Waals surface area contributed by atoms with Crippen LogP contribution in [-0.2, 0) is 16.8 Å². The van der Waals surface area contributed by atoms with E-state index in [9.17, 15) is 4.79 Å². The van der Waals surface area contributed by atoms with Crippen molar-refractivity contribution in [1.29, 1.82) is 0 Å². The van der Waals surface area contributed by atoms with E-state index in [4.69, 9.17) is 0 Å². The Morgan fingerprint density at radius 1 is 1.32 bits per heavy atom. The molecule has 0 spiro atoms. The predicted molar refractivity (Wildman–Crippen MR) is 77.0 cm³/mol. The van der Waals surface area contributed by atoms with E-state index in [0.717, 1.165) is 18.5 Å². The SMILES string of the molecule is CCc1cn(C(C)(C)CC(C)(C)C(=O)C(C)C)nn1. The number of nitrogens with zero attached hydrogens (tertiary/aromatic N) is 3. The van der Waals surface area contributed by atoms with E-state index in [1.54, 1.807) is 0 Å². The number of rotatable bonds is 6. The van der Waals surface area contributed by atoms with Crippen LogP contribution in [-0.4, -0.2) is 20.8 Å². The molecule has 1 heterocycles. The van der Waals surface area contributed by atoms with Crippen LogP contribution in [0.15, 0.2) is 6.20 Å². The monoisotopic (exact) mass is 265 g/mol. The fourth-order valence-corrected chi connectivity index (χ4v) is 2.79. The number of hydrogen-bond acceptors (Lipinski definition) is 3. The van der Waals surface area contributed by atoms with Crippen LogP contribution >= 0.6 is 0 Å². The summed E-state index contributed by atoms with van der Waals surface area (Å²) in [4.78, 5) is 12.3. The zero-order chi connectivity index (χ0) is 14.8. The molecule has 0 unspecified atom stereocenters. The van der Waals surface area contributed by atoms with E-state index in [0.29, 0.717) is 5.78 Å². The summed E-state index contributed by atoms with van der Waals surface area (Å²) in [5, 5.41) is 8.34. The van der Waals surface area contributed by atoms with E-state index in [2.05, 4.69) is 31.1 Å². The highest BCUT2D eigenvalue weighted by molar-refractivity contribution is 5.85. The molecule has 0 aromatic carbocycles. The van der Waals surface area contributed by atoms with Gasteiger partial charge in [-0.2, -0.15) is 0 Å². The lowest BCUT2D eigenvalue weighted by Crippen LogP contribution is -2.38. The molecule has 0 atom stereocenters. The molecular weight excluding hydrogens is 238 g/mol. The number of aromatic nitrogens is 3. The van der Waals surface area contributed by atoms with E-state index in [1.165, 1.54) is 0 Å². The Morgan fingerprint density at radius 2 is 1.89 bits per heavy atom. The minimum atomic E-state index is -0.351. The van der Waals surface area contributed by atoms with Crippen molar-refractivity contribution < 1.29 is 4.79 Å². The maximum Gasteiger partial charge on any atom is 0.141 e. The molecule has 4 heteroatoms. The summed E-state index contributed by atoms with van der Waals surface area (Å²) in [6.45, 7) is 14.2. The van der Waals surface area contributed by atoms with Gasteiger partial charge in [0.1, 0.15) is 5.78 Å². The summed E-state index contributed by atoms with van der Waals surface area (Å²) in [7, 11) is 0. The van der Waals surface area contributed by atoms with E-state index < -0.39 is 0 Å². The zero-order valence-corrected chi connectivity index (χ0v) is 13.3. The van der Waals surface area contributed by atoms with Crippen LogP contribution in [0, 0.1) is 11.3 Å². The summed E-state index contributed by atoms with van der Waals surface area (Å²) in [6.07, 6.45) is 3.61. The van der Waals surface area contributed by atoms with Gasteiger partial charge < -0.3 is 0 Å². The molecule has 0 radical (unpaired) electrons. The molecular formula is C15H27N3O. The van der Waals surface area contributed by atoms with E-state index in [1.807, 2.05) is 38.6 Å². The third-order valence-electron chi connectivity index (χ3n) is 3.59. The molecule has 4 nitrogen and oxygen atoms in total. The number of ketones is 1. The van der Waals surface area contributed by atoms with Crippen molar-refractivity contribution in [3.63, 3.8) is 0 Å². The van der Waals surface area contributed by atoms with Gasteiger partial charge in [0, 0.05) is 17.5 Å². The first-order valence-electron chi connectivity index (χ1n) is 7.06. The summed E-state index contributed by atoms with van der Waals surface area (Å²) in [5.41, 5.74) is 0.422. The minimum Gasteiger partial charge on any atom is -0.299 e. The molecule has 1 aromatic heterocycles. The fourth-order valence-electron chi connectivity index (χ4n) is 2.79. The Hall–Kier alpha value is -1.19. The molecule has 0 fully saturated rings. The maximum atomic E-state index is 12.3. The molecule has 0 N–H and O–H groups in total. The Bertz CT molecular complexity index is 444. The van der Waals surface area contributed by atoms with Crippen LogP contribution in [0.5, 0.6) is 0 Å². The molecule has 0 aliphatic carbocycles. The Kier molecular flexibility index (Phi) is 4.54. The second kappa shape index (κ2) is 5.43. The molecule has 1 rings (SSSR count). The van der Waals surface area contributed by atoms with Crippen LogP contribution in [0.2, 0.25) is 0 Å². The second-order valence-corrected chi connectivity index (χ2v) is 6.90. The normalized spacial score (nSPS) is 13.1. The molecule has 108 valence electrons. The molecule has 0 saturated carbocycles. The van der Waals surface area contributed by atoms with Gasteiger partial charge in [0.2, 0.25) is 0 Å². The summed E-state index contributed by atoms with van der Waals surface area (Å²) in [5.74, 6) is 0.365. The zero-order valence-electron chi connectivity index (χ0n) is 13.3. The number of aryl methyl sites for hydroxylation is 1. The van der Waals surface area contributed by atoms with Gasteiger partial charge in [-0.25, -0.2) is 4.68 Å². The fraction of sp³-hybridized carbons (Fsp3) is 0.800. The van der Waals surface area contributed by atoms with Crippen LogP contribution in [0.1, 0.15) is 60.6 Å². The van der Waals surface area contributed by atoms with Crippen molar-refractivity contribution in [2.45, 2.75) is 66.8 Å².